The van der Waals surface area contributed by atoms with Crippen molar-refractivity contribution in [3.05, 3.63) is 132 Å². The average Bonchev–Trinajstić information content (AvgIpc) is 3.70. The number of fused-ring (bicyclic) bond motifs is 16. The Balaban J connectivity index is 1.18. The van der Waals surface area contributed by atoms with Gasteiger partial charge in [0.2, 0.25) is 13.4 Å². The Morgan fingerprint density at radius 3 is 1.30 bits per heavy atom. The summed E-state index contributed by atoms with van der Waals surface area (Å²) in [5.41, 5.74) is 19.4. The first kappa shape index (κ1) is 32.1. The normalized spacial score (nSPS) is 14.8. The molecule has 7 aromatic carbocycles. The Kier molecular flexibility index (Phi) is 6.00. The van der Waals surface area contributed by atoms with Crippen molar-refractivity contribution in [3.63, 3.8) is 0 Å². The fourth-order valence-corrected chi connectivity index (χ4v) is 13.0. The summed E-state index contributed by atoms with van der Waals surface area (Å²) >= 11 is 3.88. The van der Waals surface area contributed by atoms with E-state index in [1.165, 1.54) is 118 Å². The van der Waals surface area contributed by atoms with E-state index in [4.69, 9.17) is 0 Å². The molecule has 0 N–H and O–H groups in total. The van der Waals surface area contributed by atoms with Crippen LogP contribution in [0.15, 0.2) is 141 Å². The van der Waals surface area contributed by atoms with E-state index in [1.54, 1.807) is 0 Å². The number of hydrogen-bond donors (Lipinski definition) is 0. The second-order valence-corrected chi connectivity index (χ2v) is 20.7. The molecule has 13 rings (SSSR count). The zero-order valence-electron chi connectivity index (χ0n) is 32.4. The van der Waals surface area contributed by atoms with Gasteiger partial charge in [-0.3, -0.25) is 0 Å². The molecule has 0 spiro atoms. The number of benzene rings is 7. The van der Waals surface area contributed by atoms with Crippen molar-refractivity contribution in [1.82, 2.24) is 9.13 Å². The molecule has 9 aromatic rings. The molecule has 0 saturated carbocycles. The van der Waals surface area contributed by atoms with Gasteiger partial charge >= 0.3 is 0 Å². The topological polar surface area (TPSA) is 9.86 Å². The maximum absolute atomic E-state index is 2.64. The van der Waals surface area contributed by atoms with Crippen molar-refractivity contribution in [2.24, 2.45) is 0 Å². The maximum Gasteiger partial charge on any atom is 0.249 e. The lowest BCUT2D eigenvalue weighted by atomic mass is 9.35. The van der Waals surface area contributed by atoms with Crippen LogP contribution in [0, 0.1) is 0 Å². The molecule has 0 aliphatic carbocycles. The van der Waals surface area contributed by atoms with Crippen molar-refractivity contribution < 1.29 is 0 Å². The van der Waals surface area contributed by atoms with Crippen molar-refractivity contribution in [1.29, 1.82) is 0 Å². The predicted molar refractivity (Wildman–Crippen MR) is 243 cm³/mol. The Morgan fingerprint density at radius 1 is 0.411 bits per heavy atom. The summed E-state index contributed by atoms with van der Waals surface area (Å²) in [5.74, 6) is 0. The number of nitrogens with zero attached hydrogens (tertiary/aromatic N) is 2. The van der Waals surface area contributed by atoms with Gasteiger partial charge < -0.3 is 9.13 Å². The second kappa shape index (κ2) is 10.5. The standard InChI is InChI=1S/C50H38B2N2S2/c1-49(2,3)27-15-19-37-35(23-27)51-33-11-7-9-13-41(33)55-43-21-17-29-31-25-32-30-18-22-44-46-48(30)54(40(32)26-39(31)53(37)47(29)45(43)51)38-20-16-28(50(4,5)6)24-36(38)52(46)34-12-8-10-14-42(34)56-44/h7-26H,1-6H3. The smallest absolute Gasteiger partial charge is 0.249 e. The molecule has 4 aliphatic heterocycles. The van der Waals surface area contributed by atoms with Gasteiger partial charge in [-0.25, -0.2) is 0 Å². The lowest BCUT2D eigenvalue weighted by Crippen LogP contribution is -2.58. The molecule has 4 aliphatic rings. The molecule has 0 fully saturated rings. The number of aromatic nitrogens is 2. The molecule has 2 aromatic heterocycles. The first-order valence-electron chi connectivity index (χ1n) is 20.0. The summed E-state index contributed by atoms with van der Waals surface area (Å²) in [6.45, 7) is 14.4. The van der Waals surface area contributed by atoms with Gasteiger partial charge in [0.1, 0.15) is 0 Å². The van der Waals surface area contributed by atoms with Gasteiger partial charge in [-0.05, 0) is 92.3 Å². The third-order valence-corrected chi connectivity index (χ3v) is 15.7. The first-order valence-corrected chi connectivity index (χ1v) is 21.6. The lowest BCUT2D eigenvalue weighted by Gasteiger charge is -2.34. The van der Waals surface area contributed by atoms with Crippen LogP contribution >= 0.6 is 23.5 Å². The molecule has 6 heterocycles. The zero-order valence-corrected chi connectivity index (χ0v) is 34.0. The molecule has 2 nitrogen and oxygen atoms in total. The zero-order chi connectivity index (χ0) is 37.6. The first-order chi connectivity index (χ1) is 27.0. The van der Waals surface area contributed by atoms with E-state index in [-0.39, 0.29) is 24.3 Å². The minimum absolute atomic E-state index is 0.0444. The van der Waals surface area contributed by atoms with Gasteiger partial charge in [0.25, 0.3) is 0 Å². The van der Waals surface area contributed by atoms with Gasteiger partial charge in [0, 0.05) is 52.5 Å². The molecule has 0 bridgehead atoms. The highest BCUT2D eigenvalue weighted by Gasteiger charge is 2.42. The molecule has 0 amide bonds. The minimum Gasteiger partial charge on any atom is -0.310 e. The van der Waals surface area contributed by atoms with E-state index in [9.17, 15) is 0 Å². The SMILES string of the molecule is CC(C)(C)c1ccc2c(c1)B1c3ccccc3Sc3ccc4c5cc6c7ccc8c9c7n(c6cc5n-2c4c31)-c1ccc(C(C)(C)C)cc1B9c1ccccc1S8. The molecule has 266 valence electrons. The Hall–Kier alpha value is -5.03. The minimum atomic E-state index is 0.0444. The number of rotatable bonds is 0. The highest BCUT2D eigenvalue weighted by Crippen LogP contribution is 2.45. The Labute approximate surface area is 336 Å². The molecule has 0 radical (unpaired) electrons. The maximum atomic E-state index is 2.64. The van der Waals surface area contributed by atoms with E-state index < -0.39 is 0 Å². The van der Waals surface area contributed by atoms with Crippen LogP contribution in [0.3, 0.4) is 0 Å². The van der Waals surface area contributed by atoms with Gasteiger partial charge in [0.05, 0.1) is 22.1 Å². The van der Waals surface area contributed by atoms with Crippen molar-refractivity contribution >= 4 is 113 Å². The quantitative estimate of drug-likeness (QED) is 0.143. The molecule has 0 atom stereocenters. The second-order valence-electron chi connectivity index (χ2n) is 18.5. The van der Waals surface area contributed by atoms with E-state index in [2.05, 4.69) is 172 Å². The predicted octanol–water partition coefficient (Wildman–Crippen LogP) is 9.06. The van der Waals surface area contributed by atoms with E-state index >= 15 is 0 Å². The fraction of sp³-hybridized carbons (Fsp3) is 0.160. The van der Waals surface area contributed by atoms with Crippen LogP contribution in [0.1, 0.15) is 52.7 Å². The Bertz CT molecular complexity index is 3080. The summed E-state index contributed by atoms with van der Waals surface area (Å²) < 4.78 is 5.27. The summed E-state index contributed by atoms with van der Waals surface area (Å²) in [6.07, 6.45) is 0. The third-order valence-electron chi connectivity index (χ3n) is 13.3. The van der Waals surface area contributed by atoms with Crippen LogP contribution in [-0.2, 0) is 10.8 Å². The van der Waals surface area contributed by atoms with Gasteiger partial charge in [-0.15, -0.1) is 0 Å². The molecule has 6 heteroatoms. The van der Waals surface area contributed by atoms with E-state index in [0.29, 0.717) is 0 Å². The highest BCUT2D eigenvalue weighted by atomic mass is 32.2. The van der Waals surface area contributed by atoms with Crippen LogP contribution in [0.5, 0.6) is 0 Å². The van der Waals surface area contributed by atoms with Crippen LogP contribution in [0.4, 0.5) is 0 Å². The summed E-state index contributed by atoms with van der Waals surface area (Å²) in [4.78, 5) is 5.50. The van der Waals surface area contributed by atoms with Gasteiger partial charge in [-0.2, -0.15) is 0 Å². The highest BCUT2D eigenvalue weighted by molar-refractivity contribution is 8.00. The van der Waals surface area contributed by atoms with E-state index in [0.717, 1.165) is 0 Å². The van der Waals surface area contributed by atoms with E-state index in [1.807, 2.05) is 23.5 Å². The summed E-state index contributed by atoms with van der Waals surface area (Å²) in [6, 6.07) is 47.6. The summed E-state index contributed by atoms with van der Waals surface area (Å²) in [5, 5.41) is 5.37. The lowest BCUT2D eigenvalue weighted by molar-refractivity contribution is 0.590. The third kappa shape index (κ3) is 3.95. The van der Waals surface area contributed by atoms with Gasteiger partial charge in [-0.1, -0.05) is 149 Å². The molecular formula is C50H38B2N2S2. The van der Waals surface area contributed by atoms with Gasteiger partial charge in [0.15, 0.2) is 0 Å². The average molecular weight is 753 g/mol. The van der Waals surface area contributed by atoms with Crippen LogP contribution in [0.25, 0.3) is 55.0 Å². The molecule has 0 unspecified atom stereocenters. The van der Waals surface area contributed by atoms with Crippen LogP contribution in [0.2, 0.25) is 0 Å². The summed E-state index contributed by atoms with van der Waals surface area (Å²) in [7, 11) is 0. The van der Waals surface area contributed by atoms with Crippen molar-refractivity contribution in [3.8, 4) is 11.4 Å². The van der Waals surface area contributed by atoms with Crippen LogP contribution in [-0.4, -0.2) is 22.6 Å². The van der Waals surface area contributed by atoms with Crippen molar-refractivity contribution in [2.75, 3.05) is 0 Å². The Morgan fingerprint density at radius 2 is 0.857 bits per heavy atom. The molecule has 56 heavy (non-hydrogen) atoms. The molecule has 0 saturated heterocycles. The fourth-order valence-electron chi connectivity index (χ4n) is 10.7. The largest absolute Gasteiger partial charge is 0.310 e. The van der Waals surface area contributed by atoms with Crippen LogP contribution < -0.4 is 32.8 Å². The molecular weight excluding hydrogens is 714 g/mol. The monoisotopic (exact) mass is 752 g/mol. The number of hydrogen-bond acceptors (Lipinski definition) is 2. The van der Waals surface area contributed by atoms with Crippen molar-refractivity contribution in [2.45, 2.75) is 72.0 Å².